The van der Waals surface area contributed by atoms with E-state index >= 15 is 0 Å². The van der Waals surface area contributed by atoms with Crippen molar-refractivity contribution >= 4 is 33.6 Å². The smallest absolute Gasteiger partial charge is 0.220 e. The number of carbonyl (C=O) groups is 1. The molecule has 0 saturated carbocycles. The zero-order chi connectivity index (χ0) is 13.2. The lowest BCUT2D eigenvalue weighted by atomic mass is 10.3. The van der Waals surface area contributed by atoms with Crippen molar-refractivity contribution in [3.05, 3.63) is 28.7 Å². The molecule has 0 heterocycles. The van der Waals surface area contributed by atoms with Gasteiger partial charge in [0.05, 0.1) is 0 Å². The van der Waals surface area contributed by atoms with Gasteiger partial charge in [-0.1, -0.05) is 12.1 Å². The molecule has 0 aliphatic heterocycles. The molecule has 100 valence electrons. The molecule has 0 aromatic heterocycles. The molecule has 5 heteroatoms. The molecule has 1 amide bonds. The van der Waals surface area contributed by atoms with Crippen LogP contribution in [0.25, 0.3) is 0 Å². The number of hydrogen-bond donors (Lipinski definition) is 2. The standard InChI is InChI=1S/C13H19BrN2OS/c14-11-5-1-2-6-12(11)18-10-7-13(17)16-9-4-3-8-15/h1-2,5-6H,3-4,7-10,15H2,(H,16,17). The van der Waals surface area contributed by atoms with Gasteiger partial charge in [0.15, 0.2) is 0 Å². The van der Waals surface area contributed by atoms with E-state index in [-0.39, 0.29) is 5.91 Å². The average Bonchev–Trinajstić information content (AvgIpc) is 2.37. The van der Waals surface area contributed by atoms with Crippen LogP contribution in [0.1, 0.15) is 19.3 Å². The Morgan fingerprint density at radius 3 is 2.83 bits per heavy atom. The summed E-state index contributed by atoms with van der Waals surface area (Å²) in [5.41, 5.74) is 5.38. The second-order valence-electron chi connectivity index (χ2n) is 3.87. The Hall–Kier alpha value is -0.520. The zero-order valence-electron chi connectivity index (χ0n) is 10.3. The number of unbranched alkanes of at least 4 members (excludes halogenated alkanes) is 1. The van der Waals surface area contributed by atoms with Crippen molar-refractivity contribution in [1.29, 1.82) is 0 Å². The lowest BCUT2D eigenvalue weighted by Crippen LogP contribution is -2.25. The van der Waals surface area contributed by atoms with Crippen molar-refractivity contribution < 1.29 is 4.79 Å². The van der Waals surface area contributed by atoms with Gasteiger partial charge in [0.1, 0.15) is 0 Å². The Morgan fingerprint density at radius 2 is 2.11 bits per heavy atom. The zero-order valence-corrected chi connectivity index (χ0v) is 12.7. The Balaban J connectivity index is 2.14. The van der Waals surface area contributed by atoms with Crippen molar-refractivity contribution in [2.45, 2.75) is 24.2 Å². The predicted octanol–water partition coefficient (Wildman–Crippen LogP) is 2.79. The van der Waals surface area contributed by atoms with E-state index in [1.807, 2.05) is 24.3 Å². The fourth-order valence-corrected chi connectivity index (χ4v) is 2.92. The number of carbonyl (C=O) groups excluding carboxylic acids is 1. The van der Waals surface area contributed by atoms with Gasteiger partial charge in [-0.3, -0.25) is 4.79 Å². The second kappa shape index (κ2) is 9.42. The van der Waals surface area contributed by atoms with E-state index in [1.165, 1.54) is 4.90 Å². The van der Waals surface area contributed by atoms with Gasteiger partial charge < -0.3 is 11.1 Å². The van der Waals surface area contributed by atoms with Gasteiger partial charge in [-0.15, -0.1) is 11.8 Å². The molecule has 0 atom stereocenters. The van der Waals surface area contributed by atoms with Crippen molar-refractivity contribution in [3.8, 4) is 0 Å². The fourth-order valence-electron chi connectivity index (χ4n) is 1.40. The number of nitrogens with two attached hydrogens (primary N) is 1. The maximum Gasteiger partial charge on any atom is 0.220 e. The van der Waals surface area contributed by atoms with Crippen LogP contribution in [0.15, 0.2) is 33.6 Å². The third kappa shape index (κ3) is 6.42. The second-order valence-corrected chi connectivity index (χ2v) is 5.87. The minimum Gasteiger partial charge on any atom is -0.356 e. The average molecular weight is 331 g/mol. The van der Waals surface area contributed by atoms with Gasteiger partial charge in [0, 0.05) is 28.1 Å². The van der Waals surface area contributed by atoms with E-state index in [4.69, 9.17) is 5.73 Å². The number of nitrogens with one attached hydrogen (secondary N) is 1. The summed E-state index contributed by atoms with van der Waals surface area (Å²) in [7, 11) is 0. The Kier molecular flexibility index (Phi) is 8.13. The van der Waals surface area contributed by atoms with Crippen LogP contribution >= 0.6 is 27.7 Å². The highest BCUT2D eigenvalue weighted by atomic mass is 79.9. The van der Waals surface area contributed by atoms with Gasteiger partial charge >= 0.3 is 0 Å². The molecule has 1 aromatic carbocycles. The van der Waals surface area contributed by atoms with E-state index in [9.17, 15) is 4.79 Å². The van der Waals surface area contributed by atoms with Gasteiger partial charge in [0.25, 0.3) is 0 Å². The topological polar surface area (TPSA) is 55.1 Å². The summed E-state index contributed by atoms with van der Waals surface area (Å²) in [5, 5.41) is 2.90. The number of benzene rings is 1. The van der Waals surface area contributed by atoms with Crippen LogP contribution in [0.2, 0.25) is 0 Å². The van der Waals surface area contributed by atoms with Crippen LogP contribution < -0.4 is 11.1 Å². The van der Waals surface area contributed by atoms with Crippen molar-refractivity contribution in [2.24, 2.45) is 5.73 Å². The quantitative estimate of drug-likeness (QED) is 0.569. The van der Waals surface area contributed by atoms with Crippen molar-refractivity contribution in [2.75, 3.05) is 18.8 Å². The lowest BCUT2D eigenvalue weighted by molar-refractivity contribution is -0.120. The molecule has 0 spiro atoms. The van der Waals surface area contributed by atoms with Crippen LogP contribution in [0.4, 0.5) is 0 Å². The molecular formula is C13H19BrN2OS. The monoisotopic (exact) mass is 330 g/mol. The molecule has 1 rings (SSSR count). The number of rotatable bonds is 8. The summed E-state index contributed by atoms with van der Waals surface area (Å²) in [6.07, 6.45) is 2.47. The minimum absolute atomic E-state index is 0.117. The minimum atomic E-state index is 0.117. The Labute approximate surface area is 121 Å². The van der Waals surface area contributed by atoms with E-state index in [2.05, 4.69) is 21.2 Å². The van der Waals surface area contributed by atoms with E-state index in [1.54, 1.807) is 11.8 Å². The van der Waals surface area contributed by atoms with Crippen LogP contribution in [0, 0.1) is 0 Å². The van der Waals surface area contributed by atoms with E-state index < -0.39 is 0 Å². The summed E-state index contributed by atoms with van der Waals surface area (Å²) in [5.74, 6) is 0.914. The molecule has 3 nitrogen and oxygen atoms in total. The summed E-state index contributed by atoms with van der Waals surface area (Å²) >= 11 is 5.18. The third-order valence-corrected chi connectivity index (χ3v) is 4.41. The largest absolute Gasteiger partial charge is 0.356 e. The first-order valence-corrected chi connectivity index (χ1v) is 7.86. The Morgan fingerprint density at radius 1 is 1.33 bits per heavy atom. The first-order valence-electron chi connectivity index (χ1n) is 6.08. The molecule has 0 unspecified atom stereocenters. The molecule has 0 aliphatic carbocycles. The van der Waals surface area contributed by atoms with Gasteiger partial charge in [-0.2, -0.15) is 0 Å². The SMILES string of the molecule is NCCCCNC(=O)CCSc1ccccc1Br. The molecule has 0 saturated heterocycles. The predicted molar refractivity (Wildman–Crippen MR) is 80.8 cm³/mol. The molecule has 0 radical (unpaired) electrons. The maximum atomic E-state index is 11.5. The highest BCUT2D eigenvalue weighted by Crippen LogP contribution is 2.27. The summed E-state index contributed by atoms with van der Waals surface area (Å²) in [4.78, 5) is 12.7. The van der Waals surface area contributed by atoms with Gasteiger partial charge in [-0.25, -0.2) is 0 Å². The summed E-state index contributed by atoms with van der Waals surface area (Å²) in [6.45, 7) is 1.42. The van der Waals surface area contributed by atoms with Crippen LogP contribution in [-0.2, 0) is 4.79 Å². The molecule has 3 N–H and O–H groups in total. The van der Waals surface area contributed by atoms with E-state index in [0.717, 1.165) is 29.6 Å². The highest BCUT2D eigenvalue weighted by Gasteiger charge is 2.03. The van der Waals surface area contributed by atoms with Gasteiger partial charge in [0.2, 0.25) is 5.91 Å². The van der Waals surface area contributed by atoms with Crippen LogP contribution in [-0.4, -0.2) is 24.7 Å². The first kappa shape index (κ1) is 15.5. The van der Waals surface area contributed by atoms with Crippen molar-refractivity contribution in [3.63, 3.8) is 0 Å². The molecule has 0 fully saturated rings. The van der Waals surface area contributed by atoms with E-state index in [0.29, 0.717) is 13.0 Å². The first-order chi connectivity index (χ1) is 8.74. The molecule has 0 bridgehead atoms. The Bertz CT molecular complexity index is 374. The molecule has 1 aromatic rings. The molecular weight excluding hydrogens is 312 g/mol. The normalized spacial score (nSPS) is 10.3. The van der Waals surface area contributed by atoms with Gasteiger partial charge in [-0.05, 0) is 47.4 Å². The van der Waals surface area contributed by atoms with Crippen molar-refractivity contribution in [1.82, 2.24) is 5.32 Å². The molecule has 0 aliphatic rings. The lowest BCUT2D eigenvalue weighted by Gasteiger charge is -2.05. The maximum absolute atomic E-state index is 11.5. The fraction of sp³-hybridized carbons (Fsp3) is 0.462. The summed E-state index contributed by atoms with van der Waals surface area (Å²) < 4.78 is 1.08. The number of amides is 1. The molecule has 18 heavy (non-hydrogen) atoms. The van der Waals surface area contributed by atoms with Crippen LogP contribution in [0.3, 0.4) is 0 Å². The highest BCUT2D eigenvalue weighted by molar-refractivity contribution is 9.10. The number of thioether (sulfide) groups is 1. The number of hydrogen-bond acceptors (Lipinski definition) is 3. The summed E-state index contributed by atoms with van der Waals surface area (Å²) in [6, 6.07) is 8.04. The number of halogens is 1. The van der Waals surface area contributed by atoms with Crippen LogP contribution in [0.5, 0.6) is 0 Å². The third-order valence-electron chi connectivity index (χ3n) is 2.38.